The van der Waals surface area contributed by atoms with Crippen molar-refractivity contribution in [3.8, 4) is 0 Å². The molecule has 0 aliphatic rings. The Morgan fingerprint density at radius 2 is 2.10 bits per heavy atom. The summed E-state index contributed by atoms with van der Waals surface area (Å²) in [5, 5.41) is 8.44. The number of hydrogen-bond donors (Lipinski definition) is 3. The SMILES string of the molecule is CC(CNS(=O)(=O)c1ccc(C(=O)O)cc1N)S(C)=O. The quantitative estimate of drug-likeness (QED) is 0.634. The highest BCUT2D eigenvalue weighted by Crippen LogP contribution is 2.19. The van der Waals surface area contributed by atoms with E-state index in [2.05, 4.69) is 4.72 Å². The van der Waals surface area contributed by atoms with Crippen LogP contribution in [0.4, 0.5) is 5.69 Å². The molecule has 4 N–H and O–H groups in total. The van der Waals surface area contributed by atoms with Crippen LogP contribution >= 0.6 is 0 Å². The van der Waals surface area contributed by atoms with E-state index in [1.54, 1.807) is 6.92 Å². The zero-order chi connectivity index (χ0) is 15.5. The van der Waals surface area contributed by atoms with Crippen molar-refractivity contribution < 1.29 is 22.5 Å². The summed E-state index contributed by atoms with van der Waals surface area (Å²) < 4.78 is 37.5. The van der Waals surface area contributed by atoms with Crippen LogP contribution in [0.25, 0.3) is 0 Å². The third kappa shape index (κ3) is 4.02. The van der Waals surface area contributed by atoms with Crippen LogP contribution in [0.1, 0.15) is 17.3 Å². The van der Waals surface area contributed by atoms with Gasteiger partial charge < -0.3 is 10.8 Å². The predicted molar refractivity (Wildman–Crippen MR) is 76.5 cm³/mol. The second-order valence-corrected chi connectivity index (χ2v) is 7.76. The normalized spacial score (nSPS) is 14.7. The summed E-state index contributed by atoms with van der Waals surface area (Å²) in [7, 11) is -5.02. The summed E-state index contributed by atoms with van der Waals surface area (Å²) in [5.41, 5.74) is 5.33. The van der Waals surface area contributed by atoms with E-state index in [9.17, 15) is 17.4 Å². The number of nitrogens with two attached hydrogens (primary N) is 1. The molecule has 0 spiro atoms. The van der Waals surface area contributed by atoms with Crippen molar-refractivity contribution >= 4 is 32.5 Å². The molecule has 7 nitrogen and oxygen atoms in total. The lowest BCUT2D eigenvalue weighted by molar-refractivity contribution is 0.0697. The van der Waals surface area contributed by atoms with E-state index in [0.29, 0.717) is 0 Å². The van der Waals surface area contributed by atoms with E-state index < -0.39 is 26.8 Å². The van der Waals surface area contributed by atoms with Crippen LogP contribution in [0, 0.1) is 0 Å². The van der Waals surface area contributed by atoms with Crippen molar-refractivity contribution in [2.24, 2.45) is 0 Å². The molecule has 0 radical (unpaired) electrons. The fourth-order valence-electron chi connectivity index (χ4n) is 1.35. The van der Waals surface area contributed by atoms with E-state index in [1.165, 1.54) is 6.26 Å². The van der Waals surface area contributed by atoms with E-state index >= 15 is 0 Å². The van der Waals surface area contributed by atoms with Crippen molar-refractivity contribution in [3.05, 3.63) is 23.8 Å². The van der Waals surface area contributed by atoms with Crippen LogP contribution in [0.15, 0.2) is 23.1 Å². The van der Waals surface area contributed by atoms with Gasteiger partial charge in [-0.15, -0.1) is 0 Å². The number of carboxylic acid groups (broad SMARTS) is 1. The summed E-state index contributed by atoms with van der Waals surface area (Å²) in [6.45, 7) is 1.65. The van der Waals surface area contributed by atoms with Crippen molar-refractivity contribution in [2.75, 3.05) is 18.5 Å². The lowest BCUT2D eigenvalue weighted by Gasteiger charge is -2.12. The molecule has 0 aromatic heterocycles. The van der Waals surface area contributed by atoms with Gasteiger partial charge in [0.2, 0.25) is 10.0 Å². The fraction of sp³-hybridized carbons (Fsp3) is 0.364. The highest BCUT2D eigenvalue weighted by atomic mass is 32.2. The Bertz CT molecular complexity index is 642. The number of hydrogen-bond acceptors (Lipinski definition) is 5. The van der Waals surface area contributed by atoms with E-state index in [0.717, 1.165) is 18.2 Å². The predicted octanol–water partition coefficient (Wildman–Crippen LogP) is 0.0123. The Morgan fingerprint density at radius 1 is 1.50 bits per heavy atom. The van der Waals surface area contributed by atoms with Gasteiger partial charge in [-0.2, -0.15) is 0 Å². The van der Waals surface area contributed by atoms with Gasteiger partial charge in [0.15, 0.2) is 0 Å². The molecule has 0 aliphatic heterocycles. The number of carboxylic acids is 1. The number of anilines is 1. The highest BCUT2D eigenvalue weighted by molar-refractivity contribution is 7.89. The average molecular weight is 320 g/mol. The van der Waals surface area contributed by atoms with Crippen LogP contribution in [0.3, 0.4) is 0 Å². The first-order valence-corrected chi connectivity index (χ1v) is 8.70. The molecule has 2 atom stereocenters. The van der Waals surface area contributed by atoms with Gasteiger partial charge in [-0.3, -0.25) is 4.21 Å². The molecular formula is C11H16N2O5S2. The minimum atomic E-state index is -3.86. The molecule has 0 aliphatic carbocycles. The maximum Gasteiger partial charge on any atom is 0.335 e. The number of nitrogens with one attached hydrogen (secondary N) is 1. The first kappa shape index (κ1) is 16.6. The molecule has 0 amide bonds. The molecule has 0 saturated carbocycles. The standard InChI is InChI=1S/C11H16N2O5S2/c1-7(19(2)16)6-13-20(17,18)10-4-3-8(11(14)15)5-9(10)12/h3-5,7,13H,6,12H2,1-2H3,(H,14,15). The molecular weight excluding hydrogens is 304 g/mol. The molecule has 1 aromatic carbocycles. The number of benzene rings is 1. The van der Waals surface area contributed by atoms with Crippen LogP contribution in [0.5, 0.6) is 0 Å². The fourth-order valence-corrected chi connectivity index (χ4v) is 3.01. The van der Waals surface area contributed by atoms with Crippen molar-refractivity contribution in [1.82, 2.24) is 4.72 Å². The third-order valence-electron chi connectivity index (χ3n) is 2.67. The average Bonchev–Trinajstić information content (AvgIpc) is 2.35. The Balaban J connectivity index is 2.99. The molecule has 2 unspecified atom stereocenters. The Labute approximate surface area is 119 Å². The van der Waals surface area contributed by atoms with Gasteiger partial charge in [-0.1, -0.05) is 0 Å². The van der Waals surface area contributed by atoms with Gasteiger partial charge >= 0.3 is 5.97 Å². The topological polar surface area (TPSA) is 127 Å². The van der Waals surface area contributed by atoms with Crippen LogP contribution < -0.4 is 10.5 Å². The smallest absolute Gasteiger partial charge is 0.335 e. The minimum absolute atomic E-state index is 0.00552. The second kappa shape index (κ2) is 6.33. The van der Waals surface area contributed by atoms with Crippen molar-refractivity contribution in [3.63, 3.8) is 0 Å². The summed E-state index contributed by atoms with van der Waals surface area (Å²) in [5.74, 6) is -1.19. The molecule has 112 valence electrons. The summed E-state index contributed by atoms with van der Waals surface area (Å²) in [6, 6.07) is 3.38. The number of aromatic carboxylic acids is 1. The molecule has 1 aromatic rings. The molecule has 0 saturated heterocycles. The molecule has 0 bridgehead atoms. The molecule has 0 fully saturated rings. The molecule has 9 heteroatoms. The molecule has 20 heavy (non-hydrogen) atoms. The molecule has 1 rings (SSSR count). The first-order valence-electron chi connectivity index (χ1n) is 5.60. The van der Waals surface area contributed by atoms with Gasteiger partial charge in [-0.05, 0) is 25.1 Å². The van der Waals surface area contributed by atoms with E-state index in [1.807, 2.05) is 0 Å². The van der Waals surface area contributed by atoms with Crippen LogP contribution in [-0.4, -0.2) is 41.8 Å². The zero-order valence-corrected chi connectivity index (χ0v) is 12.6. The van der Waals surface area contributed by atoms with E-state index in [4.69, 9.17) is 10.8 Å². The van der Waals surface area contributed by atoms with Gasteiger partial charge in [0, 0.05) is 28.9 Å². The number of nitrogen functional groups attached to an aromatic ring is 1. The van der Waals surface area contributed by atoms with Crippen molar-refractivity contribution in [1.29, 1.82) is 0 Å². The Morgan fingerprint density at radius 3 is 2.55 bits per heavy atom. The Kier molecular flexibility index (Phi) is 5.26. The zero-order valence-electron chi connectivity index (χ0n) is 11.0. The summed E-state index contributed by atoms with van der Waals surface area (Å²) >= 11 is 0. The lowest BCUT2D eigenvalue weighted by Crippen LogP contribution is -2.33. The highest BCUT2D eigenvalue weighted by Gasteiger charge is 2.20. The second-order valence-electron chi connectivity index (χ2n) is 4.22. The van der Waals surface area contributed by atoms with Gasteiger partial charge in [-0.25, -0.2) is 17.9 Å². The number of rotatable bonds is 6. The molecule has 0 heterocycles. The largest absolute Gasteiger partial charge is 0.478 e. The van der Waals surface area contributed by atoms with Gasteiger partial charge in [0.1, 0.15) is 4.90 Å². The van der Waals surface area contributed by atoms with E-state index in [-0.39, 0.29) is 27.9 Å². The van der Waals surface area contributed by atoms with Gasteiger partial charge in [0.25, 0.3) is 0 Å². The lowest BCUT2D eigenvalue weighted by atomic mass is 10.2. The third-order valence-corrected chi connectivity index (χ3v) is 5.47. The van der Waals surface area contributed by atoms with Gasteiger partial charge in [0.05, 0.1) is 11.3 Å². The number of carbonyl (C=O) groups is 1. The minimum Gasteiger partial charge on any atom is -0.478 e. The summed E-state index contributed by atoms with van der Waals surface area (Å²) in [6.07, 6.45) is 1.48. The number of sulfonamides is 1. The first-order chi connectivity index (χ1) is 9.15. The summed E-state index contributed by atoms with van der Waals surface area (Å²) in [4.78, 5) is 10.6. The van der Waals surface area contributed by atoms with Crippen LogP contribution in [0.2, 0.25) is 0 Å². The monoisotopic (exact) mass is 320 g/mol. The maximum absolute atomic E-state index is 12.0. The maximum atomic E-state index is 12.0. The Hall–Kier alpha value is -1.45. The van der Waals surface area contributed by atoms with Crippen LogP contribution in [-0.2, 0) is 20.8 Å². The van der Waals surface area contributed by atoms with Crippen molar-refractivity contribution in [2.45, 2.75) is 17.1 Å².